The molecule has 29 heavy (non-hydrogen) atoms. The van der Waals surface area contributed by atoms with Crippen molar-refractivity contribution in [2.75, 3.05) is 11.6 Å². The summed E-state index contributed by atoms with van der Waals surface area (Å²) in [6, 6.07) is 13.8. The molecule has 0 aliphatic rings. The summed E-state index contributed by atoms with van der Waals surface area (Å²) in [5.41, 5.74) is 1.20. The molecule has 152 valence electrons. The zero-order valence-electron chi connectivity index (χ0n) is 16.2. The summed E-state index contributed by atoms with van der Waals surface area (Å²) in [5.74, 6) is -0.157. The van der Waals surface area contributed by atoms with E-state index in [0.29, 0.717) is 17.6 Å². The van der Waals surface area contributed by atoms with E-state index in [1.807, 2.05) is 24.3 Å². The topological polar surface area (TPSA) is 102 Å². The van der Waals surface area contributed by atoms with Crippen molar-refractivity contribution in [3.63, 3.8) is 0 Å². The highest BCUT2D eigenvalue weighted by Gasteiger charge is 2.15. The van der Waals surface area contributed by atoms with Gasteiger partial charge in [0.2, 0.25) is 5.89 Å². The van der Waals surface area contributed by atoms with Crippen LogP contribution < -0.4 is 5.32 Å². The van der Waals surface area contributed by atoms with Crippen molar-refractivity contribution < 1.29 is 17.6 Å². The molecular formula is C20H21N3O4S2. The molecule has 0 spiro atoms. The Hall–Kier alpha value is -2.65. The van der Waals surface area contributed by atoms with Crippen LogP contribution in [-0.2, 0) is 16.3 Å². The second kappa shape index (κ2) is 8.79. The van der Waals surface area contributed by atoms with Gasteiger partial charge >= 0.3 is 6.01 Å². The number of aromatic nitrogens is 2. The Bertz CT molecular complexity index is 1110. The van der Waals surface area contributed by atoms with Crippen molar-refractivity contribution in [3.05, 3.63) is 65.5 Å². The minimum absolute atomic E-state index is 0.0401. The van der Waals surface area contributed by atoms with Gasteiger partial charge in [0.05, 0.1) is 11.3 Å². The molecule has 0 bridgehead atoms. The zero-order valence-corrected chi connectivity index (χ0v) is 17.9. The van der Waals surface area contributed by atoms with E-state index < -0.39 is 15.7 Å². The van der Waals surface area contributed by atoms with Gasteiger partial charge in [0, 0.05) is 22.0 Å². The molecule has 2 aromatic carbocycles. The van der Waals surface area contributed by atoms with Crippen LogP contribution in [-0.4, -0.2) is 36.0 Å². The van der Waals surface area contributed by atoms with Gasteiger partial charge < -0.3 is 4.42 Å². The normalized spacial score (nSPS) is 11.6. The fourth-order valence-electron chi connectivity index (χ4n) is 2.55. The average Bonchev–Trinajstić information content (AvgIpc) is 3.09. The van der Waals surface area contributed by atoms with Gasteiger partial charge in [-0.05, 0) is 35.9 Å². The van der Waals surface area contributed by atoms with E-state index in [9.17, 15) is 13.2 Å². The van der Waals surface area contributed by atoms with Crippen molar-refractivity contribution in [2.45, 2.75) is 35.3 Å². The summed E-state index contributed by atoms with van der Waals surface area (Å²) >= 11 is 1.79. The number of sulfone groups is 1. The van der Waals surface area contributed by atoms with Crippen molar-refractivity contribution in [1.82, 2.24) is 10.2 Å². The first-order valence-electron chi connectivity index (χ1n) is 8.90. The SMILES string of the molecule is CC(C)Sc1ccc(Cc2nnc(NC(=O)c3cccc(S(C)(=O)=O)c3)o2)cc1. The summed E-state index contributed by atoms with van der Waals surface area (Å²) in [5, 5.41) is 10.8. The van der Waals surface area contributed by atoms with Gasteiger partial charge in [-0.25, -0.2) is 8.42 Å². The molecule has 0 saturated heterocycles. The van der Waals surface area contributed by atoms with Gasteiger partial charge in [0.15, 0.2) is 9.84 Å². The molecular weight excluding hydrogens is 410 g/mol. The fraction of sp³-hybridized carbons (Fsp3) is 0.250. The Balaban J connectivity index is 1.65. The summed E-state index contributed by atoms with van der Waals surface area (Å²) in [6.45, 7) is 4.29. The van der Waals surface area contributed by atoms with E-state index in [2.05, 4.69) is 29.4 Å². The van der Waals surface area contributed by atoms with Crippen LogP contribution in [0.4, 0.5) is 6.01 Å². The first kappa shape index (κ1) is 21.1. The molecule has 0 atom stereocenters. The summed E-state index contributed by atoms with van der Waals surface area (Å²) in [7, 11) is -3.41. The zero-order chi connectivity index (χ0) is 21.0. The van der Waals surface area contributed by atoms with E-state index >= 15 is 0 Å². The molecule has 0 aliphatic heterocycles. The second-order valence-corrected chi connectivity index (χ2v) is 10.4. The number of carbonyl (C=O) groups excluding carboxylic acids is 1. The minimum atomic E-state index is -3.41. The Morgan fingerprint density at radius 3 is 2.52 bits per heavy atom. The summed E-state index contributed by atoms with van der Waals surface area (Å²) in [4.78, 5) is 13.6. The smallest absolute Gasteiger partial charge is 0.322 e. The maximum Gasteiger partial charge on any atom is 0.322 e. The quantitative estimate of drug-likeness (QED) is 0.567. The van der Waals surface area contributed by atoms with Gasteiger partial charge in [-0.1, -0.05) is 37.1 Å². The van der Waals surface area contributed by atoms with Crippen LogP contribution in [0.3, 0.4) is 0 Å². The van der Waals surface area contributed by atoms with E-state index in [0.717, 1.165) is 11.8 Å². The summed E-state index contributed by atoms with van der Waals surface area (Å²) in [6.07, 6.45) is 1.53. The molecule has 1 amide bonds. The number of anilines is 1. The molecule has 1 heterocycles. The van der Waals surface area contributed by atoms with E-state index in [1.54, 1.807) is 11.8 Å². The monoisotopic (exact) mass is 431 g/mol. The lowest BCUT2D eigenvalue weighted by Gasteiger charge is -2.05. The number of carbonyl (C=O) groups is 1. The third-order valence-electron chi connectivity index (χ3n) is 3.86. The third-order valence-corrected chi connectivity index (χ3v) is 5.99. The predicted molar refractivity (Wildman–Crippen MR) is 112 cm³/mol. The molecule has 0 radical (unpaired) electrons. The number of hydrogen-bond acceptors (Lipinski definition) is 7. The van der Waals surface area contributed by atoms with E-state index in [1.165, 1.54) is 29.2 Å². The van der Waals surface area contributed by atoms with E-state index in [-0.39, 0.29) is 16.5 Å². The number of thioether (sulfide) groups is 1. The highest BCUT2D eigenvalue weighted by molar-refractivity contribution is 7.99. The maximum absolute atomic E-state index is 12.4. The van der Waals surface area contributed by atoms with Crippen molar-refractivity contribution in [1.29, 1.82) is 0 Å². The maximum atomic E-state index is 12.4. The van der Waals surface area contributed by atoms with Gasteiger partial charge in [-0.3, -0.25) is 10.1 Å². The van der Waals surface area contributed by atoms with Crippen LogP contribution in [0.15, 0.2) is 62.7 Å². The van der Waals surface area contributed by atoms with Crippen LogP contribution >= 0.6 is 11.8 Å². The van der Waals surface area contributed by atoms with Gasteiger partial charge in [0.1, 0.15) is 0 Å². The highest BCUT2D eigenvalue weighted by atomic mass is 32.2. The van der Waals surface area contributed by atoms with Gasteiger partial charge in [0.25, 0.3) is 5.91 Å². The van der Waals surface area contributed by atoms with E-state index in [4.69, 9.17) is 4.42 Å². The fourth-order valence-corrected chi connectivity index (χ4v) is 4.05. The minimum Gasteiger partial charge on any atom is -0.407 e. The van der Waals surface area contributed by atoms with Gasteiger partial charge in [-0.2, -0.15) is 0 Å². The van der Waals surface area contributed by atoms with Crippen molar-refractivity contribution in [3.8, 4) is 0 Å². The van der Waals surface area contributed by atoms with Crippen LogP contribution in [0.5, 0.6) is 0 Å². The Labute approximate surface area is 173 Å². The molecule has 1 aromatic heterocycles. The lowest BCUT2D eigenvalue weighted by atomic mass is 10.1. The number of nitrogens with zero attached hydrogens (tertiary/aromatic N) is 2. The molecule has 0 fully saturated rings. The Morgan fingerprint density at radius 1 is 1.14 bits per heavy atom. The number of rotatable bonds is 7. The molecule has 0 saturated carbocycles. The van der Waals surface area contributed by atoms with Crippen molar-refractivity contribution in [2.24, 2.45) is 0 Å². The van der Waals surface area contributed by atoms with Crippen LogP contribution in [0.1, 0.15) is 35.7 Å². The van der Waals surface area contributed by atoms with Crippen LogP contribution in [0, 0.1) is 0 Å². The molecule has 0 aliphatic carbocycles. The largest absolute Gasteiger partial charge is 0.407 e. The van der Waals surface area contributed by atoms with Crippen LogP contribution in [0.25, 0.3) is 0 Å². The third kappa shape index (κ3) is 5.91. The number of benzene rings is 2. The number of hydrogen-bond donors (Lipinski definition) is 1. The lowest BCUT2D eigenvalue weighted by Crippen LogP contribution is -2.13. The lowest BCUT2D eigenvalue weighted by molar-refractivity contribution is 0.102. The molecule has 0 unspecified atom stereocenters. The molecule has 3 aromatic rings. The first-order chi connectivity index (χ1) is 13.7. The standard InChI is InChI=1S/C20H21N3O4S2/c1-13(2)28-16-9-7-14(8-10-16)11-18-22-23-20(27-18)21-19(24)15-5-4-6-17(12-15)29(3,25)26/h4-10,12-13H,11H2,1-3H3,(H,21,23,24). The van der Waals surface area contributed by atoms with Gasteiger partial charge in [-0.15, -0.1) is 16.9 Å². The van der Waals surface area contributed by atoms with Crippen molar-refractivity contribution >= 4 is 33.5 Å². The second-order valence-electron chi connectivity index (χ2n) is 6.74. The number of nitrogens with one attached hydrogen (secondary N) is 1. The first-order valence-corrected chi connectivity index (χ1v) is 11.7. The molecule has 7 nitrogen and oxygen atoms in total. The van der Waals surface area contributed by atoms with Crippen LogP contribution in [0.2, 0.25) is 0 Å². The number of amides is 1. The molecule has 1 N–H and O–H groups in total. The molecule has 9 heteroatoms. The predicted octanol–water partition coefficient (Wildman–Crippen LogP) is 3.82. The average molecular weight is 432 g/mol. The Morgan fingerprint density at radius 2 is 1.86 bits per heavy atom. The Kier molecular flexibility index (Phi) is 6.39. The molecule has 3 rings (SSSR count). The highest BCUT2D eigenvalue weighted by Crippen LogP contribution is 2.23. The summed E-state index contributed by atoms with van der Waals surface area (Å²) < 4.78 is 28.8.